The summed E-state index contributed by atoms with van der Waals surface area (Å²) in [6, 6.07) is -0.572. The fourth-order valence-corrected chi connectivity index (χ4v) is 3.50. The lowest BCUT2D eigenvalue weighted by atomic mass is 9.73. The Hall–Kier alpha value is -2.12. The molecule has 3 atom stereocenters. The number of carbonyl (C=O) groups is 4. The van der Waals surface area contributed by atoms with Gasteiger partial charge < -0.3 is 15.4 Å². The van der Waals surface area contributed by atoms with E-state index in [9.17, 15) is 19.2 Å². The van der Waals surface area contributed by atoms with E-state index in [0.29, 0.717) is 13.0 Å². The van der Waals surface area contributed by atoms with Gasteiger partial charge in [0.15, 0.2) is 6.10 Å². The van der Waals surface area contributed by atoms with Gasteiger partial charge in [-0.1, -0.05) is 33.6 Å². The molecule has 1 saturated heterocycles. The van der Waals surface area contributed by atoms with Crippen LogP contribution in [0.25, 0.3) is 0 Å². The van der Waals surface area contributed by atoms with Gasteiger partial charge in [-0.05, 0) is 31.6 Å². The van der Waals surface area contributed by atoms with Gasteiger partial charge in [-0.15, -0.1) is 0 Å². The fraction of sp³-hybridized carbons (Fsp3) is 0.778. The molecule has 2 rings (SSSR count). The van der Waals surface area contributed by atoms with Crippen molar-refractivity contribution in [3.8, 4) is 0 Å². The van der Waals surface area contributed by atoms with Crippen LogP contribution >= 0.6 is 0 Å². The molecule has 8 heteroatoms. The molecule has 1 spiro atoms. The third-order valence-corrected chi connectivity index (χ3v) is 5.15. The zero-order valence-corrected chi connectivity index (χ0v) is 16.0. The van der Waals surface area contributed by atoms with Crippen LogP contribution in [0.4, 0.5) is 4.79 Å². The Morgan fingerprint density at radius 1 is 1.31 bits per heavy atom. The summed E-state index contributed by atoms with van der Waals surface area (Å²) in [7, 11) is 0. The van der Waals surface area contributed by atoms with Crippen molar-refractivity contribution >= 4 is 23.8 Å². The molecule has 26 heavy (non-hydrogen) atoms. The summed E-state index contributed by atoms with van der Waals surface area (Å²) in [6.07, 6.45) is 2.35. The van der Waals surface area contributed by atoms with Crippen LogP contribution in [0.3, 0.4) is 0 Å². The number of carbonyl (C=O) groups excluding carboxylic acids is 4. The lowest BCUT2D eigenvalue weighted by Crippen LogP contribution is -2.54. The van der Waals surface area contributed by atoms with Crippen LogP contribution in [0.1, 0.15) is 53.4 Å². The van der Waals surface area contributed by atoms with Crippen molar-refractivity contribution in [2.24, 2.45) is 11.8 Å². The lowest BCUT2D eigenvalue weighted by molar-refractivity contribution is -0.157. The highest BCUT2D eigenvalue weighted by Crippen LogP contribution is 2.38. The predicted octanol–water partition coefficient (Wildman–Crippen LogP) is 1.19. The van der Waals surface area contributed by atoms with Crippen molar-refractivity contribution in [3.63, 3.8) is 0 Å². The number of rotatable bonds is 6. The standard InChI is InChI=1S/C18H29N3O5/c1-11(2)9-19-15(23)13(4)26-14(22)10-21-16(24)18(20-17(21)25)8-6-5-7-12(18)3/h11-13H,5-10H2,1-4H3,(H,19,23)(H,20,25)/t12-,13-,18+/m0/s1. The van der Waals surface area contributed by atoms with Crippen molar-refractivity contribution in [1.82, 2.24) is 15.5 Å². The minimum atomic E-state index is -0.982. The topological polar surface area (TPSA) is 105 Å². The highest BCUT2D eigenvalue weighted by Gasteiger charge is 2.55. The van der Waals surface area contributed by atoms with Gasteiger partial charge in [-0.2, -0.15) is 0 Å². The van der Waals surface area contributed by atoms with Crippen molar-refractivity contribution < 1.29 is 23.9 Å². The second-order valence-corrected chi connectivity index (χ2v) is 7.71. The van der Waals surface area contributed by atoms with Crippen molar-refractivity contribution in [2.45, 2.75) is 65.0 Å². The maximum atomic E-state index is 12.8. The van der Waals surface area contributed by atoms with E-state index in [4.69, 9.17) is 4.74 Å². The van der Waals surface area contributed by atoms with Crippen LogP contribution in [-0.2, 0) is 19.1 Å². The van der Waals surface area contributed by atoms with Crippen LogP contribution in [0.2, 0.25) is 0 Å². The summed E-state index contributed by atoms with van der Waals surface area (Å²) in [5.74, 6) is -1.25. The highest BCUT2D eigenvalue weighted by molar-refractivity contribution is 6.09. The molecule has 8 nitrogen and oxygen atoms in total. The van der Waals surface area contributed by atoms with Crippen LogP contribution < -0.4 is 10.6 Å². The largest absolute Gasteiger partial charge is 0.451 e. The third kappa shape index (κ3) is 4.16. The molecule has 2 aliphatic rings. The molecule has 0 aromatic heterocycles. The minimum Gasteiger partial charge on any atom is -0.451 e. The van der Waals surface area contributed by atoms with E-state index in [2.05, 4.69) is 10.6 Å². The Morgan fingerprint density at radius 3 is 2.62 bits per heavy atom. The maximum Gasteiger partial charge on any atom is 0.327 e. The normalized spacial score (nSPS) is 26.8. The number of nitrogens with one attached hydrogen (secondary N) is 2. The molecule has 4 amide bonds. The summed E-state index contributed by atoms with van der Waals surface area (Å²) in [5.41, 5.74) is -0.907. The highest BCUT2D eigenvalue weighted by atomic mass is 16.5. The van der Waals surface area contributed by atoms with Gasteiger partial charge in [-0.3, -0.25) is 19.3 Å². The quantitative estimate of drug-likeness (QED) is 0.542. The first kappa shape index (κ1) is 20.2. The minimum absolute atomic E-state index is 0.0226. The molecule has 0 aromatic rings. The summed E-state index contributed by atoms with van der Waals surface area (Å²) in [6.45, 7) is 7.31. The molecule has 0 bridgehead atoms. The number of hydrogen-bond donors (Lipinski definition) is 2. The first-order chi connectivity index (χ1) is 12.2. The van der Waals surface area contributed by atoms with E-state index in [1.165, 1.54) is 6.92 Å². The number of ether oxygens (including phenoxy) is 1. The molecule has 2 N–H and O–H groups in total. The van der Waals surface area contributed by atoms with E-state index in [1.807, 2.05) is 20.8 Å². The molecule has 1 aliphatic heterocycles. The zero-order valence-electron chi connectivity index (χ0n) is 16.0. The summed E-state index contributed by atoms with van der Waals surface area (Å²) < 4.78 is 5.08. The Labute approximate surface area is 154 Å². The Bertz CT molecular complexity index is 591. The van der Waals surface area contributed by atoms with Crippen LogP contribution in [0.5, 0.6) is 0 Å². The Morgan fingerprint density at radius 2 is 2.00 bits per heavy atom. The molecule has 1 aliphatic carbocycles. The van der Waals surface area contributed by atoms with Gasteiger partial charge in [0.25, 0.3) is 11.8 Å². The van der Waals surface area contributed by atoms with Gasteiger partial charge in [0, 0.05) is 6.54 Å². The van der Waals surface area contributed by atoms with E-state index in [0.717, 1.165) is 24.2 Å². The lowest BCUT2D eigenvalue weighted by Gasteiger charge is -2.36. The van der Waals surface area contributed by atoms with E-state index < -0.39 is 36.1 Å². The second kappa shape index (κ2) is 8.05. The summed E-state index contributed by atoms with van der Waals surface area (Å²) >= 11 is 0. The van der Waals surface area contributed by atoms with E-state index in [-0.39, 0.29) is 17.7 Å². The Kier molecular flexibility index (Phi) is 6.26. The first-order valence-electron chi connectivity index (χ1n) is 9.28. The first-order valence-corrected chi connectivity index (χ1v) is 9.28. The van der Waals surface area contributed by atoms with Crippen molar-refractivity contribution in [1.29, 1.82) is 0 Å². The van der Waals surface area contributed by atoms with Gasteiger partial charge in [0.05, 0.1) is 0 Å². The summed E-state index contributed by atoms with van der Waals surface area (Å²) in [5, 5.41) is 5.46. The zero-order chi connectivity index (χ0) is 19.5. The van der Waals surface area contributed by atoms with Crippen molar-refractivity contribution in [3.05, 3.63) is 0 Å². The predicted molar refractivity (Wildman–Crippen MR) is 94.0 cm³/mol. The average Bonchev–Trinajstić information content (AvgIpc) is 2.80. The van der Waals surface area contributed by atoms with Crippen LogP contribution in [0.15, 0.2) is 0 Å². The average molecular weight is 367 g/mol. The molecular formula is C18H29N3O5. The number of hydrogen-bond acceptors (Lipinski definition) is 5. The van der Waals surface area contributed by atoms with Gasteiger partial charge >= 0.3 is 12.0 Å². The molecule has 146 valence electrons. The Balaban J connectivity index is 1.93. The fourth-order valence-electron chi connectivity index (χ4n) is 3.50. The third-order valence-electron chi connectivity index (χ3n) is 5.15. The van der Waals surface area contributed by atoms with Gasteiger partial charge in [-0.25, -0.2) is 4.79 Å². The maximum absolute atomic E-state index is 12.8. The monoisotopic (exact) mass is 367 g/mol. The van der Waals surface area contributed by atoms with Crippen molar-refractivity contribution in [2.75, 3.05) is 13.1 Å². The molecule has 1 heterocycles. The van der Waals surface area contributed by atoms with Crippen LogP contribution in [0, 0.1) is 11.8 Å². The summed E-state index contributed by atoms with van der Waals surface area (Å²) in [4.78, 5) is 49.9. The number of urea groups is 1. The second-order valence-electron chi connectivity index (χ2n) is 7.71. The molecule has 0 aromatic carbocycles. The van der Waals surface area contributed by atoms with E-state index in [1.54, 1.807) is 0 Å². The smallest absolute Gasteiger partial charge is 0.327 e. The molecule has 1 saturated carbocycles. The number of amides is 4. The molecule has 0 radical (unpaired) electrons. The molecule has 0 unspecified atom stereocenters. The molecular weight excluding hydrogens is 338 g/mol. The van der Waals surface area contributed by atoms with Gasteiger partial charge in [0.1, 0.15) is 12.1 Å². The molecule has 2 fully saturated rings. The number of nitrogens with zero attached hydrogens (tertiary/aromatic N) is 1. The number of imide groups is 1. The SMILES string of the molecule is CC(C)CNC(=O)[C@H](C)OC(=O)CN1C(=O)N[C@@]2(CCCC[C@@H]2C)C1=O. The van der Waals surface area contributed by atoms with E-state index >= 15 is 0 Å². The van der Waals surface area contributed by atoms with Gasteiger partial charge in [0.2, 0.25) is 0 Å². The number of esters is 1. The van der Waals surface area contributed by atoms with Crippen LogP contribution in [-0.4, -0.2) is 53.4 Å².